The Kier molecular flexibility index (Phi) is 3.97. The fourth-order valence-electron chi connectivity index (χ4n) is 2.37. The van der Waals surface area contributed by atoms with Crippen molar-refractivity contribution in [3.8, 4) is 0 Å². The largest absolute Gasteiger partial charge is 0.391 e. The second kappa shape index (κ2) is 5.47. The third kappa shape index (κ3) is 2.76. The zero-order valence-corrected chi connectivity index (χ0v) is 10.1. The highest BCUT2D eigenvalue weighted by molar-refractivity contribution is 5.54. The summed E-state index contributed by atoms with van der Waals surface area (Å²) in [7, 11) is 1.81. The molecule has 0 radical (unpaired) electrons. The molecule has 0 bridgehead atoms. The van der Waals surface area contributed by atoms with E-state index in [2.05, 4.69) is 10.2 Å². The lowest BCUT2D eigenvalue weighted by Crippen LogP contribution is -2.39. The fraction of sp³-hybridized carbons (Fsp3) is 0.538. The molecule has 17 heavy (non-hydrogen) atoms. The number of aliphatic hydroxyl groups excluding tert-OH is 1. The lowest BCUT2D eigenvalue weighted by molar-refractivity contribution is 0.154. The molecule has 0 aromatic heterocycles. The monoisotopic (exact) mass is 238 g/mol. The second-order valence-electron chi connectivity index (χ2n) is 4.51. The summed E-state index contributed by atoms with van der Waals surface area (Å²) in [6, 6.07) is 5.13. The maximum Gasteiger partial charge on any atom is 0.129 e. The lowest BCUT2D eigenvalue weighted by Gasteiger charge is -2.33. The lowest BCUT2D eigenvalue weighted by atomic mass is 10.0. The van der Waals surface area contributed by atoms with Crippen molar-refractivity contribution in [2.75, 3.05) is 25.0 Å². The number of nitrogens with zero attached hydrogens (tertiary/aromatic N) is 1. The van der Waals surface area contributed by atoms with E-state index in [0.717, 1.165) is 25.1 Å². The average molecular weight is 238 g/mol. The van der Waals surface area contributed by atoms with Crippen molar-refractivity contribution in [3.63, 3.8) is 0 Å². The molecule has 1 heterocycles. The minimum Gasteiger partial charge on any atom is -0.391 e. The predicted molar refractivity (Wildman–Crippen MR) is 66.6 cm³/mol. The highest BCUT2D eigenvalue weighted by Gasteiger charge is 2.20. The summed E-state index contributed by atoms with van der Waals surface area (Å²) in [6.45, 7) is 1.99. The number of halogens is 1. The van der Waals surface area contributed by atoms with Crippen molar-refractivity contribution < 1.29 is 9.50 Å². The molecule has 1 aromatic rings. The first kappa shape index (κ1) is 12.3. The molecule has 0 saturated carbocycles. The minimum absolute atomic E-state index is 0.183. The Morgan fingerprint density at radius 1 is 1.53 bits per heavy atom. The Labute approximate surface area is 101 Å². The van der Waals surface area contributed by atoms with Crippen LogP contribution in [0.4, 0.5) is 10.1 Å². The van der Waals surface area contributed by atoms with Crippen molar-refractivity contribution in [2.24, 2.45) is 0 Å². The van der Waals surface area contributed by atoms with Gasteiger partial charge in [0.25, 0.3) is 0 Å². The first-order valence-corrected chi connectivity index (χ1v) is 6.07. The first-order valence-electron chi connectivity index (χ1n) is 6.07. The molecule has 3 nitrogen and oxygen atoms in total. The molecule has 1 aromatic carbocycles. The smallest absolute Gasteiger partial charge is 0.129 e. The Morgan fingerprint density at radius 3 is 3.06 bits per heavy atom. The molecule has 0 spiro atoms. The van der Waals surface area contributed by atoms with Gasteiger partial charge in [-0.3, -0.25) is 0 Å². The van der Waals surface area contributed by atoms with Crippen LogP contribution in [0.3, 0.4) is 0 Å². The maximum absolute atomic E-state index is 13.8. The number of hydrogen-bond acceptors (Lipinski definition) is 3. The fourth-order valence-corrected chi connectivity index (χ4v) is 2.37. The highest BCUT2D eigenvalue weighted by atomic mass is 19.1. The van der Waals surface area contributed by atoms with Crippen LogP contribution in [0.15, 0.2) is 18.2 Å². The SMILES string of the molecule is CNCc1c(F)cccc1N1CCCC(O)C1. The number of aliphatic hydroxyl groups is 1. The molecule has 1 aliphatic rings. The number of rotatable bonds is 3. The van der Waals surface area contributed by atoms with Gasteiger partial charge >= 0.3 is 0 Å². The summed E-state index contributed by atoms with van der Waals surface area (Å²) in [5.74, 6) is -0.183. The summed E-state index contributed by atoms with van der Waals surface area (Å²) >= 11 is 0. The number of benzene rings is 1. The van der Waals surface area contributed by atoms with Gasteiger partial charge in [0, 0.05) is 30.9 Å². The van der Waals surface area contributed by atoms with Crippen LogP contribution in [0.25, 0.3) is 0 Å². The first-order chi connectivity index (χ1) is 8.22. The molecule has 1 unspecified atom stereocenters. The Bertz CT molecular complexity index is 384. The zero-order valence-electron chi connectivity index (χ0n) is 10.1. The molecule has 4 heteroatoms. The number of hydrogen-bond donors (Lipinski definition) is 2. The molecular weight excluding hydrogens is 219 g/mol. The normalized spacial score (nSPS) is 20.6. The van der Waals surface area contributed by atoms with E-state index < -0.39 is 0 Å². The van der Waals surface area contributed by atoms with Crippen LogP contribution >= 0.6 is 0 Å². The third-order valence-corrected chi connectivity index (χ3v) is 3.18. The van der Waals surface area contributed by atoms with Crippen molar-refractivity contribution in [1.29, 1.82) is 0 Å². The predicted octanol–water partition coefficient (Wildman–Crippen LogP) is 1.51. The van der Waals surface area contributed by atoms with Gasteiger partial charge < -0.3 is 15.3 Å². The number of piperidine rings is 1. The van der Waals surface area contributed by atoms with Crippen LogP contribution < -0.4 is 10.2 Å². The van der Waals surface area contributed by atoms with Gasteiger partial charge in [0.2, 0.25) is 0 Å². The average Bonchev–Trinajstić information content (AvgIpc) is 2.32. The van der Waals surface area contributed by atoms with E-state index in [0.29, 0.717) is 18.7 Å². The number of anilines is 1. The van der Waals surface area contributed by atoms with Crippen LogP contribution in [0, 0.1) is 5.82 Å². The van der Waals surface area contributed by atoms with Crippen LogP contribution in [0.1, 0.15) is 18.4 Å². The molecule has 1 saturated heterocycles. The maximum atomic E-state index is 13.8. The van der Waals surface area contributed by atoms with E-state index in [1.165, 1.54) is 6.07 Å². The van der Waals surface area contributed by atoms with Crippen molar-refractivity contribution >= 4 is 5.69 Å². The van der Waals surface area contributed by atoms with Gasteiger partial charge in [-0.1, -0.05) is 6.07 Å². The molecular formula is C13H19FN2O. The van der Waals surface area contributed by atoms with E-state index in [-0.39, 0.29) is 11.9 Å². The van der Waals surface area contributed by atoms with Crippen LogP contribution in [-0.4, -0.2) is 31.3 Å². The van der Waals surface area contributed by atoms with Crippen LogP contribution in [-0.2, 0) is 6.54 Å². The van der Waals surface area contributed by atoms with Crippen molar-refractivity contribution in [1.82, 2.24) is 5.32 Å². The highest BCUT2D eigenvalue weighted by Crippen LogP contribution is 2.26. The van der Waals surface area contributed by atoms with Gasteiger partial charge in [0.15, 0.2) is 0 Å². The quantitative estimate of drug-likeness (QED) is 0.838. The van der Waals surface area contributed by atoms with E-state index in [1.54, 1.807) is 13.1 Å². The Hall–Kier alpha value is -1.13. The second-order valence-corrected chi connectivity index (χ2v) is 4.51. The van der Waals surface area contributed by atoms with Crippen LogP contribution in [0.5, 0.6) is 0 Å². The van der Waals surface area contributed by atoms with Gasteiger partial charge in [-0.25, -0.2) is 4.39 Å². The van der Waals surface area contributed by atoms with Gasteiger partial charge in [-0.15, -0.1) is 0 Å². The summed E-state index contributed by atoms with van der Waals surface area (Å²) in [6.07, 6.45) is 1.50. The molecule has 1 aliphatic heterocycles. The van der Waals surface area contributed by atoms with E-state index in [1.807, 2.05) is 6.07 Å². The molecule has 2 rings (SSSR count). The third-order valence-electron chi connectivity index (χ3n) is 3.18. The molecule has 2 N–H and O–H groups in total. The van der Waals surface area contributed by atoms with Gasteiger partial charge in [-0.05, 0) is 32.0 Å². The summed E-state index contributed by atoms with van der Waals surface area (Å²) < 4.78 is 13.8. The van der Waals surface area contributed by atoms with E-state index >= 15 is 0 Å². The van der Waals surface area contributed by atoms with Crippen molar-refractivity contribution in [3.05, 3.63) is 29.6 Å². The zero-order chi connectivity index (χ0) is 12.3. The van der Waals surface area contributed by atoms with Crippen molar-refractivity contribution in [2.45, 2.75) is 25.5 Å². The molecule has 1 fully saturated rings. The van der Waals surface area contributed by atoms with Crippen LogP contribution in [0.2, 0.25) is 0 Å². The van der Waals surface area contributed by atoms with Gasteiger partial charge in [0.05, 0.1) is 6.10 Å². The summed E-state index contributed by atoms with van der Waals surface area (Å²) in [5.41, 5.74) is 1.59. The number of β-amino-alcohol motifs (C(OH)–C–C–N with tert-alkyl or cyclic N) is 1. The minimum atomic E-state index is -0.297. The van der Waals surface area contributed by atoms with E-state index in [4.69, 9.17) is 0 Å². The van der Waals surface area contributed by atoms with Gasteiger partial charge in [-0.2, -0.15) is 0 Å². The molecule has 94 valence electrons. The molecule has 0 amide bonds. The Balaban J connectivity index is 2.27. The molecule has 1 atom stereocenters. The summed E-state index contributed by atoms with van der Waals surface area (Å²) in [5, 5.41) is 12.7. The van der Waals surface area contributed by atoms with E-state index in [9.17, 15) is 9.50 Å². The number of nitrogens with one attached hydrogen (secondary N) is 1. The summed E-state index contributed by atoms with van der Waals surface area (Å²) in [4.78, 5) is 2.07. The van der Waals surface area contributed by atoms with Gasteiger partial charge in [0.1, 0.15) is 5.82 Å². The topological polar surface area (TPSA) is 35.5 Å². The standard InChI is InChI=1S/C13H19FN2O/c1-15-8-11-12(14)5-2-6-13(11)16-7-3-4-10(17)9-16/h2,5-6,10,15,17H,3-4,7-9H2,1H3. The Morgan fingerprint density at radius 2 is 2.35 bits per heavy atom. The molecule has 0 aliphatic carbocycles.